The van der Waals surface area contributed by atoms with Gasteiger partial charge in [0, 0.05) is 5.69 Å². The molecule has 0 aliphatic carbocycles. The molecule has 24 heavy (non-hydrogen) atoms. The first-order valence-corrected chi connectivity index (χ1v) is 7.63. The highest BCUT2D eigenvalue weighted by atomic mass is 16.3. The van der Waals surface area contributed by atoms with Crippen molar-refractivity contribution in [2.75, 3.05) is 5.32 Å². The summed E-state index contributed by atoms with van der Waals surface area (Å²) in [4.78, 5) is 16.2. The maximum atomic E-state index is 12.2. The van der Waals surface area contributed by atoms with Crippen LogP contribution in [0.4, 0.5) is 5.69 Å². The summed E-state index contributed by atoms with van der Waals surface area (Å²) < 4.78 is 1.46. The minimum absolute atomic E-state index is 0.0681. The van der Waals surface area contributed by atoms with E-state index < -0.39 is 6.10 Å². The van der Waals surface area contributed by atoms with Crippen LogP contribution >= 0.6 is 0 Å². The third-order valence-electron chi connectivity index (χ3n) is 3.68. The molecule has 1 atom stereocenters. The van der Waals surface area contributed by atoms with Crippen molar-refractivity contribution in [2.24, 2.45) is 0 Å². The lowest BCUT2D eigenvalue weighted by Crippen LogP contribution is -2.16. The van der Waals surface area contributed by atoms with Crippen molar-refractivity contribution in [3.05, 3.63) is 77.9 Å². The van der Waals surface area contributed by atoms with Crippen molar-refractivity contribution in [3.63, 3.8) is 0 Å². The Morgan fingerprint density at radius 3 is 2.62 bits per heavy atom. The zero-order valence-electron chi connectivity index (χ0n) is 13.3. The summed E-state index contributed by atoms with van der Waals surface area (Å²) >= 11 is 0. The normalized spacial score (nSPS) is 11.9. The zero-order valence-corrected chi connectivity index (χ0v) is 13.3. The van der Waals surface area contributed by atoms with Gasteiger partial charge in [-0.25, -0.2) is 9.67 Å². The molecular formula is C18H18N4O2. The molecule has 1 heterocycles. The highest BCUT2D eigenvalue weighted by molar-refractivity contribution is 6.01. The van der Waals surface area contributed by atoms with Gasteiger partial charge in [-0.1, -0.05) is 48.5 Å². The van der Waals surface area contributed by atoms with Gasteiger partial charge in [-0.2, -0.15) is 0 Å². The van der Waals surface area contributed by atoms with Gasteiger partial charge in [0.1, 0.15) is 6.33 Å². The fraction of sp³-hybridized carbons (Fsp3) is 0.167. The average Bonchev–Trinajstić information content (AvgIpc) is 3.06. The van der Waals surface area contributed by atoms with Crippen LogP contribution in [0, 0.1) is 6.92 Å². The van der Waals surface area contributed by atoms with Crippen LogP contribution in [0.25, 0.3) is 0 Å². The van der Waals surface area contributed by atoms with E-state index in [9.17, 15) is 9.90 Å². The van der Waals surface area contributed by atoms with Gasteiger partial charge in [-0.15, -0.1) is 5.10 Å². The first-order valence-electron chi connectivity index (χ1n) is 7.63. The van der Waals surface area contributed by atoms with E-state index in [-0.39, 0.29) is 18.3 Å². The Labute approximate surface area is 139 Å². The molecule has 0 saturated carbocycles. The number of hydrogen-bond acceptors (Lipinski definition) is 4. The number of rotatable bonds is 5. The molecule has 2 N–H and O–H groups in total. The van der Waals surface area contributed by atoms with Crippen molar-refractivity contribution in [1.29, 1.82) is 0 Å². The summed E-state index contributed by atoms with van der Waals surface area (Å²) in [6, 6.07) is 16.8. The summed E-state index contributed by atoms with van der Waals surface area (Å²) in [6.07, 6.45) is 0.735. The Hall–Kier alpha value is -2.99. The van der Waals surface area contributed by atoms with Crippen LogP contribution in [0.3, 0.4) is 0 Å². The topological polar surface area (TPSA) is 80.0 Å². The number of nitrogens with one attached hydrogen (secondary N) is 1. The van der Waals surface area contributed by atoms with Crippen molar-refractivity contribution in [1.82, 2.24) is 14.8 Å². The maximum absolute atomic E-state index is 12.2. The molecule has 1 aromatic heterocycles. The summed E-state index contributed by atoms with van der Waals surface area (Å²) in [6.45, 7) is 2.15. The van der Waals surface area contributed by atoms with E-state index >= 15 is 0 Å². The third-order valence-corrected chi connectivity index (χ3v) is 3.68. The van der Waals surface area contributed by atoms with Gasteiger partial charge in [-0.3, -0.25) is 4.79 Å². The lowest BCUT2D eigenvalue weighted by molar-refractivity contribution is 0.101. The third kappa shape index (κ3) is 3.67. The molecule has 3 rings (SSSR count). The van der Waals surface area contributed by atoms with E-state index in [0.717, 1.165) is 16.8 Å². The molecular weight excluding hydrogens is 304 g/mol. The Balaban J connectivity index is 1.67. The molecule has 1 amide bonds. The summed E-state index contributed by atoms with van der Waals surface area (Å²) in [5.74, 6) is -0.309. The molecule has 122 valence electrons. The van der Waals surface area contributed by atoms with Gasteiger partial charge in [0.15, 0.2) is 0 Å². The second kappa shape index (κ2) is 7.06. The number of carbonyl (C=O) groups is 1. The number of para-hydroxylation sites is 1. The lowest BCUT2D eigenvalue weighted by Gasteiger charge is -2.10. The molecule has 3 aromatic rings. The molecule has 1 unspecified atom stereocenters. The van der Waals surface area contributed by atoms with E-state index in [4.69, 9.17) is 0 Å². The predicted octanol–water partition coefficient (Wildman–Crippen LogP) is 2.57. The lowest BCUT2D eigenvalue weighted by atomic mass is 10.1. The summed E-state index contributed by atoms with van der Waals surface area (Å²) in [7, 11) is 0. The average molecular weight is 322 g/mol. The van der Waals surface area contributed by atoms with E-state index in [0.29, 0.717) is 0 Å². The van der Waals surface area contributed by atoms with Crippen molar-refractivity contribution < 1.29 is 9.90 Å². The number of hydrogen-bond donors (Lipinski definition) is 2. The number of anilines is 1. The number of aromatic nitrogens is 3. The second-order valence-corrected chi connectivity index (χ2v) is 5.49. The predicted molar refractivity (Wildman–Crippen MR) is 90.6 cm³/mol. The van der Waals surface area contributed by atoms with Crippen LogP contribution in [0.5, 0.6) is 0 Å². The molecule has 6 heteroatoms. The Morgan fingerprint density at radius 2 is 1.88 bits per heavy atom. The van der Waals surface area contributed by atoms with Crippen LogP contribution in [0.15, 0.2) is 60.9 Å². The van der Waals surface area contributed by atoms with E-state index in [2.05, 4.69) is 15.4 Å². The monoisotopic (exact) mass is 322 g/mol. The van der Waals surface area contributed by atoms with Crippen LogP contribution in [0.2, 0.25) is 0 Å². The number of carbonyl (C=O) groups excluding carboxylic acids is 1. The number of nitrogens with zero attached hydrogens (tertiary/aromatic N) is 3. The van der Waals surface area contributed by atoms with Crippen LogP contribution in [0.1, 0.15) is 27.8 Å². The number of benzene rings is 2. The van der Waals surface area contributed by atoms with E-state index in [1.165, 1.54) is 11.0 Å². The minimum atomic E-state index is -0.708. The number of aryl methyl sites for hydroxylation is 1. The van der Waals surface area contributed by atoms with Gasteiger partial charge < -0.3 is 10.4 Å². The zero-order chi connectivity index (χ0) is 16.9. The molecule has 0 fully saturated rings. The molecule has 2 aromatic carbocycles. The first-order chi connectivity index (χ1) is 11.6. The number of aliphatic hydroxyl groups excluding tert-OH is 1. The quantitative estimate of drug-likeness (QED) is 0.756. The SMILES string of the molecule is Cc1ccccc1NC(=O)c1ncn(CC(O)c2ccccc2)n1. The van der Waals surface area contributed by atoms with Gasteiger partial charge in [0.25, 0.3) is 5.91 Å². The molecule has 0 radical (unpaired) electrons. The Kier molecular flexibility index (Phi) is 4.67. The largest absolute Gasteiger partial charge is 0.386 e. The molecule has 0 aliphatic rings. The Morgan fingerprint density at radius 1 is 1.17 bits per heavy atom. The van der Waals surface area contributed by atoms with E-state index in [1.54, 1.807) is 0 Å². The van der Waals surface area contributed by atoms with Crippen molar-refractivity contribution in [3.8, 4) is 0 Å². The summed E-state index contributed by atoms with van der Waals surface area (Å²) in [5.41, 5.74) is 2.48. The second-order valence-electron chi connectivity index (χ2n) is 5.49. The standard InChI is InChI=1S/C18H18N4O2/c1-13-7-5-6-10-15(13)20-18(24)17-19-12-22(21-17)11-16(23)14-8-3-2-4-9-14/h2-10,12,16,23H,11H2,1H3,(H,20,24). The smallest absolute Gasteiger partial charge is 0.295 e. The molecule has 0 aliphatic heterocycles. The van der Waals surface area contributed by atoms with Crippen molar-refractivity contribution >= 4 is 11.6 Å². The number of amides is 1. The van der Waals surface area contributed by atoms with Gasteiger partial charge >= 0.3 is 0 Å². The van der Waals surface area contributed by atoms with Gasteiger partial charge in [0.2, 0.25) is 5.82 Å². The highest BCUT2D eigenvalue weighted by Crippen LogP contribution is 2.15. The fourth-order valence-corrected chi connectivity index (χ4v) is 2.34. The first kappa shape index (κ1) is 15.9. The molecule has 0 bridgehead atoms. The fourth-order valence-electron chi connectivity index (χ4n) is 2.34. The van der Waals surface area contributed by atoms with Crippen LogP contribution in [-0.4, -0.2) is 25.8 Å². The van der Waals surface area contributed by atoms with Gasteiger partial charge in [0.05, 0.1) is 12.6 Å². The molecule has 6 nitrogen and oxygen atoms in total. The maximum Gasteiger partial charge on any atom is 0.295 e. The van der Waals surface area contributed by atoms with E-state index in [1.807, 2.05) is 61.5 Å². The van der Waals surface area contributed by atoms with Crippen LogP contribution < -0.4 is 5.32 Å². The Bertz CT molecular complexity index is 830. The molecule has 0 spiro atoms. The summed E-state index contributed by atoms with van der Waals surface area (Å²) in [5, 5.41) is 17.1. The van der Waals surface area contributed by atoms with Gasteiger partial charge in [-0.05, 0) is 24.1 Å². The van der Waals surface area contributed by atoms with Crippen molar-refractivity contribution in [2.45, 2.75) is 19.6 Å². The van der Waals surface area contributed by atoms with Crippen LogP contribution in [-0.2, 0) is 6.54 Å². The highest BCUT2D eigenvalue weighted by Gasteiger charge is 2.14. The molecule has 0 saturated heterocycles. The minimum Gasteiger partial charge on any atom is -0.386 e. The number of aliphatic hydroxyl groups is 1.